The molecule has 2 aromatic carbocycles. The van der Waals surface area contributed by atoms with E-state index >= 15 is 0 Å². The summed E-state index contributed by atoms with van der Waals surface area (Å²) in [6.07, 6.45) is 0. The number of rotatable bonds is 2. The molecule has 0 N–H and O–H groups in total. The third-order valence-corrected chi connectivity index (χ3v) is 3.51. The summed E-state index contributed by atoms with van der Waals surface area (Å²) < 4.78 is 26.6. The van der Waals surface area contributed by atoms with Crippen LogP contribution in [-0.4, -0.2) is 11.7 Å². The van der Waals surface area contributed by atoms with E-state index < -0.39 is 23.3 Å². The van der Waals surface area contributed by atoms with Gasteiger partial charge in [-0.3, -0.25) is 9.59 Å². The predicted molar refractivity (Wildman–Crippen MR) is 73.3 cm³/mol. The van der Waals surface area contributed by atoms with Crippen LogP contribution in [0.5, 0.6) is 0 Å². The first kappa shape index (κ1) is 13.7. The Bertz CT molecular complexity index is 776. The Morgan fingerprint density at radius 3 is 2.52 bits per heavy atom. The van der Waals surface area contributed by atoms with Crippen LogP contribution in [0.25, 0.3) is 0 Å². The average molecular weight is 308 g/mol. The topological polar surface area (TPSA) is 37.4 Å². The van der Waals surface area contributed by atoms with Crippen molar-refractivity contribution >= 4 is 29.0 Å². The summed E-state index contributed by atoms with van der Waals surface area (Å²) >= 11 is 5.80. The number of hydrogen-bond acceptors (Lipinski definition) is 2. The van der Waals surface area contributed by atoms with Gasteiger partial charge >= 0.3 is 0 Å². The Balaban J connectivity index is 2.00. The Morgan fingerprint density at radius 1 is 1.05 bits per heavy atom. The van der Waals surface area contributed by atoms with Gasteiger partial charge in [0.25, 0.3) is 11.7 Å². The van der Waals surface area contributed by atoms with Gasteiger partial charge in [-0.05, 0) is 24.3 Å². The molecule has 21 heavy (non-hydrogen) atoms. The number of halogens is 3. The van der Waals surface area contributed by atoms with Gasteiger partial charge in [-0.2, -0.15) is 0 Å². The summed E-state index contributed by atoms with van der Waals surface area (Å²) in [6.45, 7) is -0.148. The number of hydrogen-bond donors (Lipinski definition) is 0. The predicted octanol–water partition coefficient (Wildman–Crippen LogP) is 3.35. The molecule has 0 saturated carbocycles. The highest BCUT2D eigenvalue weighted by atomic mass is 35.5. The van der Waals surface area contributed by atoms with Crippen LogP contribution in [-0.2, 0) is 11.3 Å². The maximum atomic E-state index is 13.7. The minimum absolute atomic E-state index is 0.125. The molecule has 0 radical (unpaired) electrons. The molecular weight excluding hydrogens is 300 g/mol. The van der Waals surface area contributed by atoms with Gasteiger partial charge in [0.2, 0.25) is 0 Å². The van der Waals surface area contributed by atoms with Crippen molar-refractivity contribution in [1.82, 2.24) is 0 Å². The lowest BCUT2D eigenvalue weighted by molar-refractivity contribution is -0.114. The van der Waals surface area contributed by atoms with Crippen molar-refractivity contribution in [2.45, 2.75) is 6.54 Å². The smallest absolute Gasteiger partial charge is 0.299 e. The molecule has 0 spiro atoms. The van der Waals surface area contributed by atoms with Crippen molar-refractivity contribution in [3.63, 3.8) is 0 Å². The van der Waals surface area contributed by atoms with Crippen LogP contribution >= 0.6 is 11.6 Å². The van der Waals surface area contributed by atoms with Crippen LogP contribution in [0, 0.1) is 11.6 Å². The number of carbonyl (C=O) groups excluding carboxylic acids is 2. The number of ketones is 1. The SMILES string of the molecule is O=C1C(=O)N(Cc2ccc(F)cc2F)c2ccc(Cl)cc21. The van der Waals surface area contributed by atoms with Crippen LogP contribution in [0.15, 0.2) is 36.4 Å². The largest absolute Gasteiger partial charge is 0.300 e. The van der Waals surface area contributed by atoms with E-state index in [2.05, 4.69) is 0 Å². The molecule has 3 rings (SSSR count). The number of amides is 1. The fourth-order valence-electron chi connectivity index (χ4n) is 2.25. The second-order valence-electron chi connectivity index (χ2n) is 4.62. The van der Waals surface area contributed by atoms with E-state index in [9.17, 15) is 18.4 Å². The maximum absolute atomic E-state index is 13.7. The van der Waals surface area contributed by atoms with Gasteiger partial charge < -0.3 is 4.90 Å². The number of Topliss-reactive ketones (excluding diaryl/α,β-unsaturated/α-hetero) is 1. The molecule has 0 aliphatic carbocycles. The van der Waals surface area contributed by atoms with Crippen molar-refractivity contribution in [3.05, 3.63) is 64.2 Å². The van der Waals surface area contributed by atoms with E-state index in [4.69, 9.17) is 11.6 Å². The highest BCUT2D eigenvalue weighted by Crippen LogP contribution is 2.32. The summed E-state index contributed by atoms with van der Waals surface area (Å²) in [7, 11) is 0. The third kappa shape index (κ3) is 2.29. The first-order valence-electron chi connectivity index (χ1n) is 6.07. The monoisotopic (exact) mass is 307 g/mol. The zero-order chi connectivity index (χ0) is 15.1. The zero-order valence-electron chi connectivity index (χ0n) is 10.6. The Labute approximate surface area is 123 Å². The lowest BCUT2D eigenvalue weighted by atomic mass is 10.1. The highest BCUT2D eigenvalue weighted by Gasteiger charge is 2.36. The molecule has 3 nitrogen and oxygen atoms in total. The minimum atomic E-state index is -0.766. The van der Waals surface area contributed by atoms with Gasteiger partial charge in [0.15, 0.2) is 0 Å². The van der Waals surface area contributed by atoms with Crippen molar-refractivity contribution in [2.75, 3.05) is 4.90 Å². The summed E-state index contributed by atoms with van der Waals surface area (Å²) in [5.74, 6) is -2.91. The van der Waals surface area contributed by atoms with Crippen LogP contribution < -0.4 is 4.90 Å². The molecule has 0 aromatic heterocycles. The minimum Gasteiger partial charge on any atom is -0.300 e. The van der Waals surface area contributed by atoms with Crippen molar-refractivity contribution in [3.8, 4) is 0 Å². The number of anilines is 1. The molecule has 106 valence electrons. The highest BCUT2D eigenvalue weighted by molar-refractivity contribution is 6.52. The van der Waals surface area contributed by atoms with Gasteiger partial charge in [0.05, 0.1) is 17.8 Å². The van der Waals surface area contributed by atoms with E-state index in [0.29, 0.717) is 10.7 Å². The second kappa shape index (κ2) is 4.93. The first-order valence-corrected chi connectivity index (χ1v) is 6.45. The number of benzene rings is 2. The third-order valence-electron chi connectivity index (χ3n) is 3.28. The molecule has 0 unspecified atom stereocenters. The maximum Gasteiger partial charge on any atom is 0.299 e. The zero-order valence-corrected chi connectivity index (χ0v) is 11.3. The molecule has 0 fully saturated rings. The number of carbonyl (C=O) groups is 2. The standard InChI is InChI=1S/C15H8ClF2NO2/c16-9-2-4-13-11(5-9)14(20)15(21)19(13)7-8-1-3-10(17)6-12(8)18/h1-6H,7H2. The normalized spacial score (nSPS) is 13.8. The lowest BCUT2D eigenvalue weighted by Gasteiger charge is -2.17. The van der Waals surface area contributed by atoms with Gasteiger partial charge in [-0.1, -0.05) is 17.7 Å². The van der Waals surface area contributed by atoms with Gasteiger partial charge in [0, 0.05) is 16.7 Å². The molecule has 1 aliphatic rings. The van der Waals surface area contributed by atoms with Crippen LogP contribution in [0.1, 0.15) is 15.9 Å². The average Bonchev–Trinajstić information content (AvgIpc) is 2.66. The molecule has 1 aliphatic heterocycles. The van der Waals surface area contributed by atoms with Gasteiger partial charge in [-0.15, -0.1) is 0 Å². The number of fused-ring (bicyclic) bond motifs is 1. The van der Waals surface area contributed by atoms with Crippen molar-refractivity contribution in [2.24, 2.45) is 0 Å². The van der Waals surface area contributed by atoms with Crippen molar-refractivity contribution in [1.29, 1.82) is 0 Å². The Morgan fingerprint density at radius 2 is 1.81 bits per heavy atom. The van der Waals surface area contributed by atoms with Crippen LogP contribution in [0.4, 0.5) is 14.5 Å². The molecule has 1 heterocycles. The summed E-state index contributed by atoms with van der Waals surface area (Å²) in [5, 5.41) is 0.338. The van der Waals surface area contributed by atoms with E-state index in [1.165, 1.54) is 18.2 Å². The molecule has 2 aromatic rings. The van der Waals surface area contributed by atoms with Gasteiger partial charge in [-0.25, -0.2) is 8.78 Å². The van der Waals surface area contributed by atoms with E-state index in [1.807, 2.05) is 0 Å². The molecule has 1 amide bonds. The van der Waals surface area contributed by atoms with E-state index in [0.717, 1.165) is 17.0 Å². The summed E-state index contributed by atoms with van der Waals surface area (Å²) in [4.78, 5) is 25.0. The molecular formula is C15H8ClF2NO2. The van der Waals surface area contributed by atoms with E-state index in [1.54, 1.807) is 6.07 Å². The fraction of sp³-hybridized carbons (Fsp3) is 0.0667. The fourth-order valence-corrected chi connectivity index (χ4v) is 2.42. The summed E-state index contributed by atoms with van der Waals surface area (Å²) in [5.41, 5.74) is 0.688. The van der Waals surface area contributed by atoms with E-state index in [-0.39, 0.29) is 17.7 Å². The first-order chi connectivity index (χ1) is 9.97. The van der Waals surface area contributed by atoms with Gasteiger partial charge in [0.1, 0.15) is 11.6 Å². The molecule has 6 heteroatoms. The lowest BCUT2D eigenvalue weighted by Crippen LogP contribution is -2.29. The van der Waals surface area contributed by atoms with Crippen LogP contribution in [0.3, 0.4) is 0 Å². The number of nitrogens with zero attached hydrogens (tertiary/aromatic N) is 1. The molecule has 0 bridgehead atoms. The molecule has 0 saturated heterocycles. The Kier molecular flexibility index (Phi) is 3.22. The van der Waals surface area contributed by atoms with Crippen molar-refractivity contribution < 1.29 is 18.4 Å². The summed E-state index contributed by atoms with van der Waals surface area (Å²) in [6, 6.07) is 7.56. The quantitative estimate of drug-likeness (QED) is 0.798. The second-order valence-corrected chi connectivity index (χ2v) is 5.05. The Hall–Kier alpha value is -2.27. The molecule has 0 atom stereocenters. The van der Waals surface area contributed by atoms with Crippen LogP contribution in [0.2, 0.25) is 5.02 Å².